The molecule has 1 aliphatic heterocycles. The van der Waals surface area contributed by atoms with Crippen molar-refractivity contribution in [3.63, 3.8) is 0 Å². The molecule has 1 aromatic carbocycles. The fourth-order valence-electron chi connectivity index (χ4n) is 5.07. The van der Waals surface area contributed by atoms with Crippen LogP contribution in [-0.4, -0.2) is 81.3 Å². The monoisotopic (exact) mass is 603 g/mol. The Labute approximate surface area is 249 Å². The number of ether oxygens (including phenoxy) is 1. The first-order valence-corrected chi connectivity index (χ1v) is 15.3. The number of anilines is 1. The lowest BCUT2D eigenvalue weighted by Crippen LogP contribution is -2.50. The van der Waals surface area contributed by atoms with Gasteiger partial charge in [0.05, 0.1) is 28.9 Å². The van der Waals surface area contributed by atoms with Crippen molar-refractivity contribution in [3.8, 4) is 11.3 Å². The maximum absolute atomic E-state index is 14.0. The number of carbonyl (C=O) groups is 3. The molecule has 6 rings (SSSR count). The van der Waals surface area contributed by atoms with Crippen LogP contribution in [0.15, 0.2) is 53.4 Å². The number of thiazole rings is 1. The van der Waals surface area contributed by atoms with Gasteiger partial charge in [0.25, 0.3) is 11.8 Å². The summed E-state index contributed by atoms with van der Waals surface area (Å²) in [6.07, 6.45) is 1.77. The highest BCUT2D eigenvalue weighted by Crippen LogP contribution is 2.29. The Morgan fingerprint density at radius 2 is 1.93 bits per heavy atom. The molecule has 0 unspecified atom stereocenters. The van der Waals surface area contributed by atoms with E-state index >= 15 is 0 Å². The molecular formula is C29H29N7O4S2. The zero-order valence-corrected chi connectivity index (χ0v) is 24.5. The van der Waals surface area contributed by atoms with Crippen molar-refractivity contribution >= 4 is 61.5 Å². The normalized spacial score (nSPS) is 14.0. The first-order valence-electron chi connectivity index (χ1n) is 13.5. The minimum Gasteiger partial charge on any atom is -0.465 e. The number of nitrogens with two attached hydrogens (primary N) is 1. The summed E-state index contributed by atoms with van der Waals surface area (Å²) in [5.41, 5.74) is 10.1. The van der Waals surface area contributed by atoms with Gasteiger partial charge >= 0.3 is 5.97 Å². The summed E-state index contributed by atoms with van der Waals surface area (Å²) in [4.78, 5) is 52.2. The van der Waals surface area contributed by atoms with Crippen LogP contribution in [0, 0.1) is 0 Å². The Hall–Kier alpha value is -4.33. The Morgan fingerprint density at radius 1 is 1.10 bits per heavy atom. The van der Waals surface area contributed by atoms with Crippen molar-refractivity contribution in [1.82, 2.24) is 29.5 Å². The van der Waals surface area contributed by atoms with Crippen LogP contribution < -0.4 is 11.1 Å². The maximum atomic E-state index is 14.0. The third-order valence-electron chi connectivity index (χ3n) is 7.13. The molecule has 0 spiro atoms. The number of nitrogens with one attached hydrogen (secondary N) is 1. The van der Waals surface area contributed by atoms with Gasteiger partial charge in [-0.15, -0.1) is 0 Å². The number of aromatic nitrogens is 3. The van der Waals surface area contributed by atoms with Crippen LogP contribution in [0.4, 0.5) is 5.13 Å². The van der Waals surface area contributed by atoms with Gasteiger partial charge in [-0.05, 0) is 48.2 Å². The van der Waals surface area contributed by atoms with Crippen molar-refractivity contribution in [2.75, 3.05) is 45.1 Å². The van der Waals surface area contributed by atoms with Crippen LogP contribution in [0.1, 0.15) is 33.3 Å². The third-order valence-corrected chi connectivity index (χ3v) is 8.66. The highest BCUT2D eigenvalue weighted by Gasteiger charge is 2.30. The number of hydrogen-bond acceptors (Lipinski definition) is 10. The zero-order chi connectivity index (χ0) is 29.2. The number of rotatable bonds is 8. The van der Waals surface area contributed by atoms with E-state index in [2.05, 4.69) is 10.3 Å². The number of piperazine rings is 1. The maximum Gasteiger partial charge on any atom is 0.320 e. The molecule has 1 saturated heterocycles. The van der Waals surface area contributed by atoms with Gasteiger partial charge < -0.3 is 20.7 Å². The van der Waals surface area contributed by atoms with Gasteiger partial charge in [0.15, 0.2) is 10.8 Å². The summed E-state index contributed by atoms with van der Waals surface area (Å²) in [6, 6.07) is 11.2. The molecule has 11 nitrogen and oxygen atoms in total. The molecule has 3 N–H and O–H groups in total. The summed E-state index contributed by atoms with van der Waals surface area (Å²) in [6.45, 7) is 4.68. The first kappa shape index (κ1) is 27.8. The van der Waals surface area contributed by atoms with Gasteiger partial charge in [0.2, 0.25) is 0 Å². The largest absolute Gasteiger partial charge is 0.465 e. The first-order chi connectivity index (χ1) is 20.4. The number of benzene rings is 1. The molecule has 5 aromatic rings. The highest BCUT2D eigenvalue weighted by molar-refractivity contribution is 7.22. The molecule has 0 bridgehead atoms. The molecule has 2 amide bonds. The van der Waals surface area contributed by atoms with Crippen molar-refractivity contribution in [2.45, 2.75) is 13.5 Å². The van der Waals surface area contributed by atoms with Crippen LogP contribution in [0.2, 0.25) is 0 Å². The molecular weight excluding hydrogens is 574 g/mol. The van der Waals surface area contributed by atoms with Gasteiger partial charge in [-0.2, -0.15) is 11.3 Å². The Balaban J connectivity index is 1.25. The van der Waals surface area contributed by atoms with E-state index in [4.69, 9.17) is 15.5 Å². The lowest BCUT2D eigenvalue weighted by Gasteiger charge is -2.34. The minimum atomic E-state index is -0.294. The van der Waals surface area contributed by atoms with Crippen molar-refractivity contribution in [1.29, 1.82) is 0 Å². The van der Waals surface area contributed by atoms with Gasteiger partial charge in [-0.1, -0.05) is 17.4 Å². The van der Waals surface area contributed by atoms with Crippen LogP contribution in [-0.2, 0) is 16.1 Å². The second kappa shape index (κ2) is 11.9. The lowest BCUT2D eigenvalue weighted by atomic mass is 10.1. The molecule has 13 heteroatoms. The number of hydrogen-bond donors (Lipinski definition) is 2. The van der Waals surface area contributed by atoms with Gasteiger partial charge in [0.1, 0.15) is 11.4 Å². The Bertz CT molecular complexity index is 1770. The van der Waals surface area contributed by atoms with Crippen LogP contribution >= 0.6 is 22.7 Å². The van der Waals surface area contributed by atoms with E-state index < -0.39 is 0 Å². The van der Waals surface area contributed by atoms with E-state index in [1.807, 2.05) is 39.9 Å². The SMILES string of the molecule is CCOC(=O)CN1CCN(C(=O)c2c(-c3ccsc3)nc3c(C(=O)NCc4ccc5nc(N)sc5c4)cccn23)CC1. The van der Waals surface area contributed by atoms with E-state index in [0.717, 1.165) is 21.3 Å². The number of fused-ring (bicyclic) bond motifs is 2. The van der Waals surface area contributed by atoms with Crippen molar-refractivity contribution < 1.29 is 19.1 Å². The molecule has 0 radical (unpaired) electrons. The topological polar surface area (TPSA) is 135 Å². The Morgan fingerprint density at radius 3 is 2.69 bits per heavy atom. The number of carbonyl (C=O) groups excluding carboxylic acids is 3. The zero-order valence-electron chi connectivity index (χ0n) is 22.9. The summed E-state index contributed by atoms with van der Waals surface area (Å²) in [5, 5.41) is 7.37. The van der Waals surface area contributed by atoms with Crippen LogP contribution in [0.5, 0.6) is 0 Å². The fraction of sp³-hybridized carbons (Fsp3) is 0.276. The average molecular weight is 604 g/mol. The number of nitrogens with zero attached hydrogens (tertiary/aromatic N) is 5. The van der Waals surface area contributed by atoms with Gasteiger partial charge in [-0.25, -0.2) is 9.97 Å². The number of imidazole rings is 1. The van der Waals surface area contributed by atoms with E-state index in [9.17, 15) is 14.4 Å². The smallest absolute Gasteiger partial charge is 0.320 e. The number of esters is 1. The quantitative estimate of drug-likeness (QED) is 0.257. The second-order valence-corrected chi connectivity index (χ2v) is 11.7. The molecule has 1 fully saturated rings. The molecule has 0 aliphatic carbocycles. The minimum absolute atomic E-state index is 0.172. The number of amides is 2. The molecule has 4 aromatic heterocycles. The lowest BCUT2D eigenvalue weighted by molar-refractivity contribution is -0.144. The molecule has 5 heterocycles. The predicted octanol–water partition coefficient (Wildman–Crippen LogP) is 3.51. The number of thiophene rings is 1. The molecule has 216 valence electrons. The van der Waals surface area contributed by atoms with E-state index in [1.54, 1.807) is 34.6 Å². The number of pyridine rings is 1. The average Bonchev–Trinajstić information content (AvgIpc) is 3.73. The predicted molar refractivity (Wildman–Crippen MR) is 163 cm³/mol. The summed E-state index contributed by atoms with van der Waals surface area (Å²) in [5.74, 6) is -0.731. The molecule has 1 aliphatic rings. The van der Waals surface area contributed by atoms with Crippen LogP contribution in [0.25, 0.3) is 27.1 Å². The Kier molecular flexibility index (Phi) is 7.87. The summed E-state index contributed by atoms with van der Waals surface area (Å²) in [7, 11) is 0. The summed E-state index contributed by atoms with van der Waals surface area (Å²) >= 11 is 2.92. The van der Waals surface area contributed by atoms with Crippen molar-refractivity contribution in [2.24, 2.45) is 0 Å². The second-order valence-electron chi connectivity index (χ2n) is 9.85. The van der Waals surface area contributed by atoms with Crippen LogP contribution in [0.3, 0.4) is 0 Å². The van der Waals surface area contributed by atoms with Gasteiger partial charge in [0, 0.05) is 49.9 Å². The third kappa shape index (κ3) is 5.58. The highest BCUT2D eigenvalue weighted by atomic mass is 32.1. The molecule has 0 saturated carbocycles. The van der Waals surface area contributed by atoms with Crippen molar-refractivity contribution in [3.05, 3.63) is 70.2 Å². The summed E-state index contributed by atoms with van der Waals surface area (Å²) < 4.78 is 7.73. The number of nitrogen functional groups attached to an aromatic ring is 1. The van der Waals surface area contributed by atoms with Gasteiger partial charge in [-0.3, -0.25) is 23.7 Å². The van der Waals surface area contributed by atoms with E-state index in [1.165, 1.54) is 22.7 Å². The van der Waals surface area contributed by atoms with E-state index in [-0.39, 0.29) is 24.3 Å². The van der Waals surface area contributed by atoms with E-state index in [0.29, 0.717) is 67.1 Å². The standard InChI is InChI=1S/C29H29N7O4S2/c1-2-40-23(37)16-34-9-11-35(12-10-34)28(39)25-24(19-7-13-41-17-19)33-26-20(4-3-8-36(25)26)27(38)31-15-18-5-6-21-22(14-18)42-29(30)32-21/h3-8,13-14,17H,2,9-12,15-16H2,1H3,(H2,30,32)(H,31,38). The molecule has 0 atom stereocenters. The molecule has 42 heavy (non-hydrogen) atoms. The fourth-order valence-corrected chi connectivity index (χ4v) is 6.51.